The molecule has 3 aromatic rings. The van der Waals surface area contributed by atoms with Crippen molar-refractivity contribution < 1.29 is 13.9 Å². The zero-order valence-electron chi connectivity index (χ0n) is 18.5. The summed E-state index contributed by atoms with van der Waals surface area (Å²) in [5.41, 5.74) is 2.35. The highest BCUT2D eigenvalue weighted by molar-refractivity contribution is 5.91. The number of carbonyl (C=O) groups is 1. The third-order valence-corrected chi connectivity index (χ3v) is 5.36. The van der Waals surface area contributed by atoms with Crippen molar-refractivity contribution in [3.63, 3.8) is 0 Å². The molecule has 0 saturated heterocycles. The lowest BCUT2D eigenvalue weighted by atomic mass is 10.0. The third kappa shape index (κ3) is 6.39. The summed E-state index contributed by atoms with van der Waals surface area (Å²) in [6.07, 6.45) is 4.83. The molecule has 1 atom stereocenters. The highest BCUT2D eigenvalue weighted by Crippen LogP contribution is 2.20. The van der Waals surface area contributed by atoms with Crippen molar-refractivity contribution in [2.24, 2.45) is 5.92 Å². The van der Waals surface area contributed by atoms with Crippen molar-refractivity contribution in [1.82, 2.24) is 20.2 Å². The van der Waals surface area contributed by atoms with Gasteiger partial charge >= 0.3 is 0 Å². The molecule has 1 N–H and O–H groups in total. The number of amides is 1. The molecule has 0 radical (unpaired) electrons. The number of pyridine rings is 1. The number of hydrogen-bond donors (Lipinski definition) is 1. The smallest absolute Gasteiger partial charge is 0.273 e. The molecule has 0 unspecified atom stereocenters. The molecule has 0 spiro atoms. The molecule has 3 rings (SSSR count). The van der Waals surface area contributed by atoms with Crippen LogP contribution < -0.4 is 10.1 Å². The zero-order chi connectivity index (χ0) is 22.2. The molecule has 1 aromatic carbocycles. The molecule has 2 heterocycles. The molecule has 0 aliphatic heterocycles. The summed E-state index contributed by atoms with van der Waals surface area (Å²) in [6.45, 7) is 8.19. The van der Waals surface area contributed by atoms with E-state index in [0.29, 0.717) is 30.9 Å². The average molecular weight is 423 g/mol. The molecule has 31 heavy (non-hydrogen) atoms. The molecule has 0 fully saturated rings. The van der Waals surface area contributed by atoms with Crippen molar-refractivity contribution in [1.29, 1.82) is 0 Å². The van der Waals surface area contributed by atoms with Gasteiger partial charge in [-0.25, -0.2) is 4.98 Å². The third-order valence-electron chi connectivity index (χ3n) is 5.36. The Labute approximate surface area is 183 Å². The molecular weight excluding hydrogens is 392 g/mol. The molecule has 7 heteroatoms. The van der Waals surface area contributed by atoms with Crippen molar-refractivity contribution in [3.05, 3.63) is 77.8 Å². The summed E-state index contributed by atoms with van der Waals surface area (Å²) in [7, 11) is 1.67. The van der Waals surface area contributed by atoms with Crippen LogP contribution in [-0.4, -0.2) is 33.9 Å². The molecule has 0 aliphatic rings. The number of aromatic nitrogens is 2. The van der Waals surface area contributed by atoms with Gasteiger partial charge in [-0.2, -0.15) is 0 Å². The maximum atomic E-state index is 12.4. The van der Waals surface area contributed by atoms with Gasteiger partial charge in [0, 0.05) is 31.5 Å². The largest absolute Gasteiger partial charge is 0.497 e. The van der Waals surface area contributed by atoms with Gasteiger partial charge in [0.1, 0.15) is 12.0 Å². The van der Waals surface area contributed by atoms with Gasteiger partial charge in [-0.15, -0.1) is 0 Å². The van der Waals surface area contributed by atoms with E-state index in [4.69, 9.17) is 9.15 Å². The number of nitrogens with one attached hydrogen (secondary N) is 1. The number of oxazole rings is 1. The maximum Gasteiger partial charge on any atom is 0.273 e. The van der Waals surface area contributed by atoms with Gasteiger partial charge in [-0.3, -0.25) is 14.7 Å². The summed E-state index contributed by atoms with van der Waals surface area (Å²) >= 11 is 0. The van der Waals surface area contributed by atoms with Gasteiger partial charge in [0.15, 0.2) is 5.69 Å². The van der Waals surface area contributed by atoms with E-state index in [1.807, 2.05) is 30.3 Å². The Bertz CT molecular complexity index is 972. The van der Waals surface area contributed by atoms with Crippen LogP contribution in [0.2, 0.25) is 0 Å². The van der Waals surface area contributed by atoms with Crippen LogP contribution in [0.3, 0.4) is 0 Å². The van der Waals surface area contributed by atoms with E-state index in [-0.39, 0.29) is 11.6 Å². The average Bonchev–Trinajstić information content (AvgIpc) is 3.26. The molecular formula is C24H30N4O3. The second-order valence-electron chi connectivity index (χ2n) is 7.91. The van der Waals surface area contributed by atoms with E-state index in [2.05, 4.69) is 47.0 Å². The fourth-order valence-corrected chi connectivity index (χ4v) is 3.21. The lowest BCUT2D eigenvalue weighted by Gasteiger charge is -2.30. The van der Waals surface area contributed by atoms with Crippen molar-refractivity contribution >= 4 is 5.91 Å². The SMILES string of the molecule is COc1cccc(CN(Cc2nc(C(=O)NCc3cccnc3)co2)[C@@H](C)C(C)C)c1. The van der Waals surface area contributed by atoms with Crippen LogP contribution in [0, 0.1) is 5.92 Å². The van der Waals surface area contributed by atoms with Crippen LogP contribution in [-0.2, 0) is 19.6 Å². The van der Waals surface area contributed by atoms with Crippen LogP contribution in [0.5, 0.6) is 5.75 Å². The molecule has 7 nitrogen and oxygen atoms in total. The van der Waals surface area contributed by atoms with Gasteiger partial charge in [0.25, 0.3) is 5.91 Å². The first-order valence-electron chi connectivity index (χ1n) is 10.4. The van der Waals surface area contributed by atoms with Crippen LogP contribution in [0.1, 0.15) is 48.3 Å². The lowest BCUT2D eigenvalue weighted by molar-refractivity contribution is 0.0945. The number of benzene rings is 1. The fraction of sp³-hybridized carbons (Fsp3) is 0.375. The monoisotopic (exact) mass is 422 g/mol. The molecule has 2 aromatic heterocycles. The van der Waals surface area contributed by atoms with Crippen LogP contribution in [0.25, 0.3) is 0 Å². The first-order chi connectivity index (χ1) is 15.0. The minimum Gasteiger partial charge on any atom is -0.497 e. The Morgan fingerprint density at radius 1 is 1.16 bits per heavy atom. The van der Waals surface area contributed by atoms with E-state index in [1.54, 1.807) is 19.5 Å². The maximum absolute atomic E-state index is 12.4. The Hall–Kier alpha value is -3.19. The molecule has 164 valence electrons. The van der Waals surface area contributed by atoms with Gasteiger partial charge in [0.2, 0.25) is 5.89 Å². The summed E-state index contributed by atoms with van der Waals surface area (Å²) < 4.78 is 11.0. The first kappa shape index (κ1) is 22.5. The van der Waals surface area contributed by atoms with E-state index in [0.717, 1.165) is 23.4 Å². The van der Waals surface area contributed by atoms with Gasteiger partial charge in [0.05, 0.1) is 13.7 Å². The Kier molecular flexibility index (Phi) is 7.78. The predicted molar refractivity (Wildman–Crippen MR) is 118 cm³/mol. The van der Waals surface area contributed by atoms with E-state index < -0.39 is 0 Å². The summed E-state index contributed by atoms with van der Waals surface area (Å²) in [4.78, 5) is 23.2. The second kappa shape index (κ2) is 10.7. The van der Waals surface area contributed by atoms with Crippen molar-refractivity contribution in [3.8, 4) is 5.75 Å². The highest BCUT2D eigenvalue weighted by Gasteiger charge is 2.21. The second-order valence-corrected chi connectivity index (χ2v) is 7.91. The van der Waals surface area contributed by atoms with Crippen LogP contribution in [0.4, 0.5) is 0 Å². The highest BCUT2D eigenvalue weighted by atomic mass is 16.5. The molecule has 0 saturated carbocycles. The minimum atomic E-state index is -0.268. The van der Waals surface area contributed by atoms with Crippen molar-refractivity contribution in [2.45, 2.75) is 46.4 Å². The van der Waals surface area contributed by atoms with Gasteiger partial charge in [-0.1, -0.05) is 32.0 Å². The number of methoxy groups -OCH3 is 1. The topological polar surface area (TPSA) is 80.5 Å². The molecule has 0 bridgehead atoms. The Morgan fingerprint density at radius 2 is 1.97 bits per heavy atom. The first-order valence-corrected chi connectivity index (χ1v) is 10.4. The lowest BCUT2D eigenvalue weighted by Crippen LogP contribution is -2.36. The van der Waals surface area contributed by atoms with Gasteiger partial charge in [-0.05, 0) is 42.2 Å². The Morgan fingerprint density at radius 3 is 2.68 bits per heavy atom. The number of hydrogen-bond acceptors (Lipinski definition) is 6. The standard InChI is InChI=1S/C24H30N4O3/c1-17(2)18(3)28(14-19-7-5-9-21(11-19)30-4)15-23-27-22(16-31-23)24(29)26-13-20-8-6-10-25-12-20/h5-12,16-18H,13-15H2,1-4H3,(H,26,29)/t18-/m0/s1. The normalized spacial score (nSPS) is 12.2. The van der Waals surface area contributed by atoms with E-state index in [1.165, 1.54) is 6.26 Å². The Balaban J connectivity index is 1.66. The van der Waals surface area contributed by atoms with E-state index >= 15 is 0 Å². The number of ether oxygens (including phenoxy) is 1. The predicted octanol–water partition coefficient (Wildman–Crippen LogP) is 4.05. The van der Waals surface area contributed by atoms with Crippen LogP contribution in [0.15, 0.2) is 59.5 Å². The zero-order valence-corrected chi connectivity index (χ0v) is 18.5. The molecule has 0 aliphatic carbocycles. The quantitative estimate of drug-likeness (QED) is 0.531. The van der Waals surface area contributed by atoms with E-state index in [9.17, 15) is 4.79 Å². The van der Waals surface area contributed by atoms with Crippen molar-refractivity contribution in [2.75, 3.05) is 7.11 Å². The van der Waals surface area contributed by atoms with Gasteiger partial charge < -0.3 is 14.5 Å². The van der Waals surface area contributed by atoms with Crippen LogP contribution >= 0.6 is 0 Å². The summed E-state index contributed by atoms with van der Waals surface area (Å²) in [5, 5.41) is 2.85. The molecule has 1 amide bonds. The fourth-order valence-electron chi connectivity index (χ4n) is 3.21. The summed E-state index contributed by atoms with van der Waals surface area (Å²) in [6, 6.07) is 12.1. The minimum absolute atomic E-state index is 0.268. The number of nitrogens with zero attached hydrogens (tertiary/aromatic N) is 3. The summed E-state index contributed by atoms with van der Waals surface area (Å²) in [5.74, 6) is 1.53. The number of rotatable bonds is 10. The number of carbonyl (C=O) groups excluding carboxylic acids is 1.